The number of benzene rings is 1. The van der Waals surface area contributed by atoms with E-state index in [0.29, 0.717) is 31.6 Å². The molecule has 26 heavy (non-hydrogen) atoms. The molecule has 1 fully saturated rings. The summed E-state index contributed by atoms with van der Waals surface area (Å²) < 4.78 is 5.24. The third kappa shape index (κ3) is 3.45. The van der Waals surface area contributed by atoms with Gasteiger partial charge in [0.1, 0.15) is 5.54 Å². The predicted molar refractivity (Wildman–Crippen MR) is 98.1 cm³/mol. The number of nitrogens with one attached hydrogen (secondary N) is 1. The lowest BCUT2D eigenvalue weighted by molar-refractivity contribution is -0.152. The van der Waals surface area contributed by atoms with Crippen LogP contribution in [0, 0.1) is 0 Å². The van der Waals surface area contributed by atoms with Gasteiger partial charge in [0.15, 0.2) is 0 Å². The first kappa shape index (κ1) is 18.4. The zero-order valence-corrected chi connectivity index (χ0v) is 15.5. The van der Waals surface area contributed by atoms with Crippen molar-refractivity contribution in [2.75, 3.05) is 18.1 Å². The van der Waals surface area contributed by atoms with Crippen LogP contribution in [0.1, 0.15) is 61.9 Å². The van der Waals surface area contributed by atoms with Gasteiger partial charge in [0.05, 0.1) is 6.61 Å². The van der Waals surface area contributed by atoms with Gasteiger partial charge in [0.2, 0.25) is 5.91 Å². The lowest BCUT2D eigenvalue weighted by Gasteiger charge is -2.35. The third-order valence-electron chi connectivity index (χ3n) is 5.34. The van der Waals surface area contributed by atoms with Crippen LogP contribution < -0.4 is 10.2 Å². The number of carbonyl (C=O) groups excluding carboxylic acids is 3. The average molecular weight is 358 g/mol. The zero-order chi connectivity index (χ0) is 18.7. The fraction of sp³-hybridized carbons (Fsp3) is 0.550. The summed E-state index contributed by atoms with van der Waals surface area (Å²) in [7, 11) is 0. The number of hydrogen-bond acceptors (Lipinski definition) is 4. The molecular formula is C20H26N2O4. The number of fused-ring (bicyclic) bond motifs is 1. The van der Waals surface area contributed by atoms with Gasteiger partial charge in [-0.25, -0.2) is 4.79 Å². The fourth-order valence-electron chi connectivity index (χ4n) is 3.96. The van der Waals surface area contributed by atoms with Gasteiger partial charge in [-0.2, -0.15) is 0 Å². The number of carbonyl (C=O) groups is 3. The quantitative estimate of drug-likeness (QED) is 0.840. The molecule has 140 valence electrons. The van der Waals surface area contributed by atoms with Crippen molar-refractivity contribution in [2.45, 2.75) is 57.9 Å². The van der Waals surface area contributed by atoms with Crippen molar-refractivity contribution >= 4 is 23.5 Å². The Hall–Kier alpha value is -2.37. The van der Waals surface area contributed by atoms with E-state index < -0.39 is 5.54 Å². The molecule has 1 aliphatic carbocycles. The first-order valence-electron chi connectivity index (χ1n) is 9.37. The molecule has 6 heteroatoms. The van der Waals surface area contributed by atoms with E-state index >= 15 is 0 Å². The molecule has 1 aromatic carbocycles. The Morgan fingerprint density at radius 1 is 1.19 bits per heavy atom. The molecule has 2 amide bonds. The van der Waals surface area contributed by atoms with Crippen molar-refractivity contribution in [3.63, 3.8) is 0 Å². The molecule has 0 atom stereocenters. The van der Waals surface area contributed by atoms with Crippen LogP contribution in [-0.2, 0) is 20.7 Å². The smallest absolute Gasteiger partial charge is 0.331 e. The molecule has 1 heterocycles. The van der Waals surface area contributed by atoms with Crippen LogP contribution in [-0.4, -0.2) is 36.5 Å². The molecule has 0 aromatic heterocycles. The Balaban J connectivity index is 1.80. The van der Waals surface area contributed by atoms with Crippen LogP contribution in [0.15, 0.2) is 18.2 Å². The second-order valence-electron chi connectivity index (χ2n) is 7.08. The molecule has 0 saturated heterocycles. The van der Waals surface area contributed by atoms with Gasteiger partial charge in [0.25, 0.3) is 5.91 Å². The van der Waals surface area contributed by atoms with Crippen molar-refractivity contribution in [3.8, 4) is 0 Å². The third-order valence-corrected chi connectivity index (χ3v) is 5.34. The molecule has 0 radical (unpaired) electrons. The highest BCUT2D eigenvalue weighted by molar-refractivity contribution is 6.00. The largest absolute Gasteiger partial charge is 0.464 e. The van der Waals surface area contributed by atoms with E-state index in [1.807, 2.05) is 12.1 Å². The van der Waals surface area contributed by atoms with Crippen molar-refractivity contribution in [1.82, 2.24) is 5.32 Å². The molecule has 0 spiro atoms. The summed E-state index contributed by atoms with van der Waals surface area (Å²) in [5.74, 6) is -0.592. The Bertz CT molecular complexity index is 723. The van der Waals surface area contributed by atoms with E-state index in [4.69, 9.17) is 4.74 Å². The summed E-state index contributed by atoms with van der Waals surface area (Å²) in [5.41, 5.74) is 1.45. The highest BCUT2D eigenvalue weighted by Crippen LogP contribution is 2.31. The first-order chi connectivity index (χ1) is 12.5. The summed E-state index contributed by atoms with van der Waals surface area (Å²) in [6, 6.07) is 5.36. The molecule has 0 bridgehead atoms. The summed E-state index contributed by atoms with van der Waals surface area (Å²) >= 11 is 0. The number of hydrogen-bond donors (Lipinski definition) is 1. The lowest BCUT2D eigenvalue weighted by Crippen LogP contribution is -2.56. The summed E-state index contributed by atoms with van der Waals surface area (Å²) in [5, 5.41) is 2.96. The average Bonchev–Trinajstić information content (AvgIpc) is 3.06. The second-order valence-corrected chi connectivity index (χ2v) is 7.08. The van der Waals surface area contributed by atoms with Gasteiger partial charge in [0, 0.05) is 24.7 Å². The Morgan fingerprint density at radius 3 is 2.58 bits per heavy atom. The van der Waals surface area contributed by atoms with Crippen LogP contribution in [0.2, 0.25) is 0 Å². The van der Waals surface area contributed by atoms with Crippen LogP contribution in [0.3, 0.4) is 0 Å². The first-order valence-corrected chi connectivity index (χ1v) is 9.37. The number of rotatable bonds is 4. The van der Waals surface area contributed by atoms with Crippen molar-refractivity contribution in [2.24, 2.45) is 0 Å². The van der Waals surface area contributed by atoms with Crippen molar-refractivity contribution in [3.05, 3.63) is 29.3 Å². The van der Waals surface area contributed by atoms with Crippen LogP contribution >= 0.6 is 0 Å². The maximum Gasteiger partial charge on any atom is 0.331 e. The monoisotopic (exact) mass is 358 g/mol. The van der Waals surface area contributed by atoms with E-state index in [0.717, 1.165) is 36.9 Å². The van der Waals surface area contributed by atoms with Crippen molar-refractivity contribution < 1.29 is 19.1 Å². The normalized spacial score (nSPS) is 18.2. The van der Waals surface area contributed by atoms with Gasteiger partial charge in [-0.3, -0.25) is 9.59 Å². The molecule has 1 aliphatic heterocycles. The number of ether oxygens (including phenoxy) is 1. The molecular weight excluding hydrogens is 332 g/mol. The van der Waals surface area contributed by atoms with E-state index in [1.54, 1.807) is 24.8 Å². The maximum absolute atomic E-state index is 12.8. The molecule has 2 aliphatic rings. The molecule has 1 saturated carbocycles. The Kier molecular flexibility index (Phi) is 5.30. The van der Waals surface area contributed by atoms with Crippen LogP contribution in [0.5, 0.6) is 0 Å². The number of anilines is 1. The summed E-state index contributed by atoms with van der Waals surface area (Å²) in [4.78, 5) is 38.7. The number of amides is 2. The zero-order valence-electron chi connectivity index (χ0n) is 15.5. The van der Waals surface area contributed by atoms with Gasteiger partial charge in [-0.05, 0) is 49.9 Å². The maximum atomic E-state index is 12.8. The molecule has 1 aromatic rings. The van der Waals surface area contributed by atoms with Gasteiger partial charge in [-0.15, -0.1) is 0 Å². The lowest BCUT2D eigenvalue weighted by atomic mass is 9.81. The Labute approximate surface area is 153 Å². The SMILES string of the molecule is CCOC(=O)C1(NC(=O)c2ccc3c(c2)CCN3C(C)=O)CCCCC1. The van der Waals surface area contributed by atoms with Gasteiger partial charge >= 0.3 is 5.97 Å². The van der Waals surface area contributed by atoms with Gasteiger partial charge in [-0.1, -0.05) is 19.3 Å². The molecule has 3 rings (SSSR count). The predicted octanol–water partition coefficient (Wildman–Crippen LogP) is 2.59. The van der Waals surface area contributed by atoms with E-state index in [9.17, 15) is 14.4 Å². The Morgan fingerprint density at radius 2 is 1.92 bits per heavy atom. The van der Waals surface area contributed by atoms with Crippen LogP contribution in [0.25, 0.3) is 0 Å². The molecule has 1 N–H and O–H groups in total. The minimum absolute atomic E-state index is 0.00409. The van der Waals surface area contributed by atoms with E-state index in [2.05, 4.69) is 5.32 Å². The summed E-state index contributed by atoms with van der Waals surface area (Å²) in [6.45, 7) is 4.26. The topological polar surface area (TPSA) is 75.7 Å². The highest BCUT2D eigenvalue weighted by atomic mass is 16.5. The fourth-order valence-corrected chi connectivity index (χ4v) is 3.96. The minimum Gasteiger partial charge on any atom is -0.464 e. The van der Waals surface area contributed by atoms with Crippen LogP contribution in [0.4, 0.5) is 5.69 Å². The second kappa shape index (κ2) is 7.48. The highest BCUT2D eigenvalue weighted by Gasteiger charge is 2.42. The standard InChI is InChI=1S/C20H26N2O4/c1-3-26-19(25)20(10-5-4-6-11-20)21-18(24)16-7-8-17-15(13-16)9-12-22(17)14(2)23/h7-8,13H,3-6,9-12H2,1-2H3,(H,21,24). The molecule has 6 nitrogen and oxygen atoms in total. The van der Waals surface area contributed by atoms with Crippen molar-refractivity contribution in [1.29, 1.82) is 0 Å². The van der Waals surface area contributed by atoms with E-state index in [-0.39, 0.29) is 17.8 Å². The van der Waals surface area contributed by atoms with E-state index in [1.165, 1.54) is 0 Å². The number of esters is 1. The molecule has 0 unspecified atom stereocenters. The summed E-state index contributed by atoms with van der Waals surface area (Å²) in [6.07, 6.45) is 4.82. The van der Waals surface area contributed by atoms with Gasteiger partial charge < -0.3 is 15.0 Å². The minimum atomic E-state index is -0.921. The number of nitrogens with zero attached hydrogens (tertiary/aromatic N) is 1.